The number of carbonyl (C=O) groups is 2. The Morgan fingerprint density at radius 2 is 1.93 bits per heavy atom. The van der Waals surface area contributed by atoms with Gasteiger partial charge in [0.2, 0.25) is 5.91 Å². The maximum Gasteiger partial charge on any atom is 0.317 e. The highest BCUT2D eigenvalue weighted by Gasteiger charge is 2.20. The van der Waals surface area contributed by atoms with Crippen molar-refractivity contribution in [1.82, 2.24) is 15.1 Å². The summed E-state index contributed by atoms with van der Waals surface area (Å²) in [6.07, 6.45) is 1.98. The van der Waals surface area contributed by atoms with E-state index in [0.29, 0.717) is 38.5 Å². The highest BCUT2D eigenvalue weighted by Crippen LogP contribution is 2.18. The van der Waals surface area contributed by atoms with E-state index < -0.39 is 0 Å². The molecule has 3 amide bonds. The van der Waals surface area contributed by atoms with E-state index in [1.165, 1.54) is 11.1 Å². The molecule has 6 nitrogen and oxygen atoms in total. The molecule has 0 fully saturated rings. The first-order valence-corrected chi connectivity index (χ1v) is 9.47. The van der Waals surface area contributed by atoms with Gasteiger partial charge >= 0.3 is 6.03 Å². The molecule has 1 aliphatic rings. The molecule has 0 spiro atoms. The first-order chi connectivity index (χ1) is 12.4. The van der Waals surface area contributed by atoms with Crippen LogP contribution in [0.25, 0.3) is 0 Å². The van der Waals surface area contributed by atoms with Crippen molar-refractivity contribution < 1.29 is 9.59 Å². The summed E-state index contributed by atoms with van der Waals surface area (Å²) in [7, 11) is 1.79. The molecule has 1 heterocycles. The van der Waals surface area contributed by atoms with Gasteiger partial charge in [-0.05, 0) is 29.9 Å². The Hall–Kier alpha value is -1.79. The number of nitrogens with zero attached hydrogens (tertiary/aromatic N) is 2. The number of urea groups is 1. The summed E-state index contributed by atoms with van der Waals surface area (Å²) in [6, 6.07) is 8.22. The van der Waals surface area contributed by atoms with Gasteiger partial charge in [0.25, 0.3) is 0 Å². The van der Waals surface area contributed by atoms with Crippen LogP contribution < -0.4 is 11.1 Å². The van der Waals surface area contributed by atoms with Crippen LogP contribution in [0.5, 0.6) is 0 Å². The number of rotatable bonds is 7. The van der Waals surface area contributed by atoms with E-state index in [4.69, 9.17) is 5.73 Å². The molecule has 0 bridgehead atoms. The summed E-state index contributed by atoms with van der Waals surface area (Å²) in [6.45, 7) is 6.51. The minimum absolute atomic E-state index is 0. The molecule has 0 saturated carbocycles. The number of nitrogens with two attached hydrogens (primary N) is 1. The highest BCUT2D eigenvalue weighted by molar-refractivity contribution is 5.85. The third kappa shape index (κ3) is 7.03. The van der Waals surface area contributed by atoms with Crippen molar-refractivity contribution in [2.75, 3.05) is 26.7 Å². The van der Waals surface area contributed by atoms with E-state index >= 15 is 0 Å². The zero-order chi connectivity index (χ0) is 19.1. The second-order valence-corrected chi connectivity index (χ2v) is 7.43. The molecule has 1 aliphatic heterocycles. The Kier molecular flexibility index (Phi) is 9.60. The average molecular weight is 397 g/mol. The normalized spacial score (nSPS) is 14.2. The van der Waals surface area contributed by atoms with E-state index in [1.807, 2.05) is 12.1 Å². The zero-order valence-electron chi connectivity index (χ0n) is 16.6. The monoisotopic (exact) mass is 396 g/mol. The van der Waals surface area contributed by atoms with Gasteiger partial charge in [-0.1, -0.05) is 38.1 Å². The zero-order valence-corrected chi connectivity index (χ0v) is 17.4. The van der Waals surface area contributed by atoms with Crippen LogP contribution in [0.15, 0.2) is 24.3 Å². The number of amides is 3. The van der Waals surface area contributed by atoms with Gasteiger partial charge in [0, 0.05) is 45.7 Å². The minimum atomic E-state index is -0.100. The molecule has 27 heavy (non-hydrogen) atoms. The summed E-state index contributed by atoms with van der Waals surface area (Å²) in [5.74, 6) is 0.442. The minimum Gasteiger partial charge on any atom is -0.346 e. The van der Waals surface area contributed by atoms with E-state index in [9.17, 15) is 9.59 Å². The summed E-state index contributed by atoms with van der Waals surface area (Å²) in [5, 5.41) is 2.87. The second kappa shape index (κ2) is 11.1. The van der Waals surface area contributed by atoms with Gasteiger partial charge in [-0.25, -0.2) is 4.79 Å². The van der Waals surface area contributed by atoms with E-state index in [1.54, 1.807) is 16.8 Å². The number of fused-ring (bicyclic) bond motifs is 1. The van der Waals surface area contributed by atoms with Gasteiger partial charge in [0.1, 0.15) is 0 Å². The van der Waals surface area contributed by atoms with Crippen LogP contribution in [0.4, 0.5) is 4.79 Å². The van der Waals surface area contributed by atoms with Crippen LogP contribution in [0.3, 0.4) is 0 Å². The van der Waals surface area contributed by atoms with Crippen LogP contribution in [0, 0.1) is 5.92 Å². The van der Waals surface area contributed by atoms with Gasteiger partial charge < -0.3 is 20.9 Å². The van der Waals surface area contributed by atoms with Crippen molar-refractivity contribution in [1.29, 1.82) is 0 Å². The fraction of sp³-hybridized carbons (Fsp3) is 0.600. The van der Waals surface area contributed by atoms with Gasteiger partial charge in [-0.3, -0.25) is 4.79 Å². The standard InChI is InChI=1S/C20H32N4O2.ClH/c1-15(2)18(21)10-12-23(3)19(25)8-11-22-20(26)24-13-9-16-6-4-5-7-17(16)14-24;/h4-7,15,18H,8-14,21H2,1-3H3,(H,22,26);1H. The molecule has 1 unspecified atom stereocenters. The molecule has 7 heteroatoms. The molecule has 152 valence electrons. The lowest BCUT2D eigenvalue weighted by molar-refractivity contribution is -0.129. The highest BCUT2D eigenvalue weighted by atomic mass is 35.5. The first kappa shape index (κ1) is 23.2. The number of benzene rings is 1. The quantitative estimate of drug-likeness (QED) is 0.742. The molecule has 1 atom stereocenters. The maximum atomic E-state index is 12.3. The first-order valence-electron chi connectivity index (χ1n) is 9.47. The Morgan fingerprint density at radius 3 is 2.59 bits per heavy atom. The fourth-order valence-electron chi connectivity index (χ4n) is 3.05. The summed E-state index contributed by atoms with van der Waals surface area (Å²) in [5.41, 5.74) is 8.53. The van der Waals surface area contributed by atoms with Gasteiger partial charge in [-0.2, -0.15) is 0 Å². The number of nitrogens with one attached hydrogen (secondary N) is 1. The SMILES string of the molecule is CC(C)C(N)CCN(C)C(=O)CCNC(=O)N1CCc2ccccc2C1.Cl. The van der Waals surface area contributed by atoms with Crippen LogP contribution in [-0.4, -0.2) is 54.5 Å². The third-order valence-corrected chi connectivity index (χ3v) is 5.11. The van der Waals surface area contributed by atoms with E-state index in [-0.39, 0.29) is 30.4 Å². The van der Waals surface area contributed by atoms with Crippen molar-refractivity contribution >= 4 is 24.3 Å². The lowest BCUT2D eigenvalue weighted by atomic mass is 10.0. The maximum absolute atomic E-state index is 12.3. The molecule has 2 rings (SSSR count). The van der Waals surface area contributed by atoms with Crippen molar-refractivity contribution in [2.45, 2.75) is 45.7 Å². The van der Waals surface area contributed by atoms with Gasteiger partial charge in [-0.15, -0.1) is 12.4 Å². The molecule has 0 radical (unpaired) electrons. The average Bonchev–Trinajstić information content (AvgIpc) is 2.64. The second-order valence-electron chi connectivity index (χ2n) is 7.43. The molecule has 1 aromatic carbocycles. The van der Waals surface area contributed by atoms with Crippen molar-refractivity contribution in [3.05, 3.63) is 35.4 Å². The third-order valence-electron chi connectivity index (χ3n) is 5.11. The lowest BCUT2D eigenvalue weighted by Crippen LogP contribution is -2.44. The van der Waals surface area contributed by atoms with Crippen molar-refractivity contribution in [3.8, 4) is 0 Å². The van der Waals surface area contributed by atoms with Gasteiger partial charge in [0.05, 0.1) is 0 Å². The summed E-state index contributed by atoms with van der Waals surface area (Å²) < 4.78 is 0. The molecule has 1 aromatic rings. The Balaban J connectivity index is 0.00000364. The Morgan fingerprint density at radius 1 is 1.26 bits per heavy atom. The Bertz CT molecular complexity index is 624. The van der Waals surface area contributed by atoms with Crippen LogP contribution in [0.1, 0.15) is 37.8 Å². The molecule has 0 aromatic heterocycles. The van der Waals surface area contributed by atoms with Crippen molar-refractivity contribution in [2.24, 2.45) is 11.7 Å². The molecule has 0 saturated heterocycles. The summed E-state index contributed by atoms with van der Waals surface area (Å²) in [4.78, 5) is 28.0. The fourth-order valence-corrected chi connectivity index (χ4v) is 3.05. The van der Waals surface area contributed by atoms with E-state index in [0.717, 1.165) is 12.8 Å². The van der Waals surface area contributed by atoms with Crippen LogP contribution in [-0.2, 0) is 17.8 Å². The largest absolute Gasteiger partial charge is 0.346 e. The number of halogens is 1. The topological polar surface area (TPSA) is 78.7 Å². The molecule has 3 N–H and O–H groups in total. The lowest BCUT2D eigenvalue weighted by Gasteiger charge is -2.29. The predicted octanol–water partition coefficient (Wildman–Crippen LogP) is 2.40. The van der Waals surface area contributed by atoms with Crippen molar-refractivity contribution in [3.63, 3.8) is 0 Å². The predicted molar refractivity (Wildman–Crippen MR) is 111 cm³/mol. The van der Waals surface area contributed by atoms with Gasteiger partial charge in [0.15, 0.2) is 0 Å². The molecular weight excluding hydrogens is 364 g/mol. The molecular formula is C20H33ClN4O2. The molecule has 0 aliphatic carbocycles. The Labute approximate surface area is 168 Å². The number of hydrogen-bond donors (Lipinski definition) is 2. The van der Waals surface area contributed by atoms with Crippen LogP contribution in [0.2, 0.25) is 0 Å². The summed E-state index contributed by atoms with van der Waals surface area (Å²) >= 11 is 0. The van der Waals surface area contributed by atoms with Crippen LogP contribution >= 0.6 is 12.4 Å². The smallest absolute Gasteiger partial charge is 0.317 e. The van der Waals surface area contributed by atoms with E-state index in [2.05, 4.69) is 31.3 Å². The number of hydrogen-bond acceptors (Lipinski definition) is 3. The number of carbonyl (C=O) groups excluding carboxylic acids is 2.